The molecule has 3 aromatic rings. The standard InChI is InChI=1S/C22H22O4/c1-15(22(23)26-14-16-4-9-20(24-2)10-5-16)17-6-7-19-13-21(25-3)11-8-18(19)12-17/h4-13,15H,14H2,1-3H3/t15-/m1/s1. The third-order valence-corrected chi connectivity index (χ3v) is 4.47. The highest BCUT2D eigenvalue weighted by Gasteiger charge is 2.17. The van der Waals surface area contributed by atoms with E-state index in [0.717, 1.165) is 33.4 Å². The Morgan fingerprint density at radius 3 is 2.15 bits per heavy atom. The molecule has 0 radical (unpaired) electrons. The molecule has 0 aliphatic heterocycles. The Kier molecular flexibility index (Phi) is 5.42. The summed E-state index contributed by atoms with van der Waals surface area (Å²) in [6.07, 6.45) is 0. The van der Waals surface area contributed by atoms with E-state index in [2.05, 4.69) is 0 Å². The van der Waals surface area contributed by atoms with Crippen LogP contribution in [0.2, 0.25) is 0 Å². The molecule has 0 aromatic heterocycles. The molecular weight excluding hydrogens is 328 g/mol. The topological polar surface area (TPSA) is 44.8 Å². The number of methoxy groups -OCH3 is 2. The fourth-order valence-electron chi connectivity index (χ4n) is 2.78. The molecule has 1 atom stereocenters. The van der Waals surface area contributed by atoms with Crippen LogP contribution < -0.4 is 9.47 Å². The van der Waals surface area contributed by atoms with Gasteiger partial charge in [0.2, 0.25) is 0 Å². The number of benzene rings is 3. The number of esters is 1. The molecule has 0 N–H and O–H groups in total. The smallest absolute Gasteiger partial charge is 0.313 e. The number of hydrogen-bond donors (Lipinski definition) is 0. The zero-order chi connectivity index (χ0) is 18.5. The molecule has 0 bridgehead atoms. The molecule has 0 heterocycles. The minimum atomic E-state index is -0.334. The van der Waals surface area contributed by atoms with E-state index in [0.29, 0.717) is 0 Å². The van der Waals surface area contributed by atoms with Gasteiger partial charge in [-0.1, -0.05) is 36.4 Å². The first-order chi connectivity index (χ1) is 12.6. The lowest BCUT2D eigenvalue weighted by Crippen LogP contribution is -2.13. The van der Waals surface area contributed by atoms with Gasteiger partial charge in [0.05, 0.1) is 20.1 Å². The van der Waals surface area contributed by atoms with Crippen molar-refractivity contribution in [2.75, 3.05) is 14.2 Å². The van der Waals surface area contributed by atoms with Gasteiger partial charge in [-0.2, -0.15) is 0 Å². The van der Waals surface area contributed by atoms with Gasteiger partial charge < -0.3 is 14.2 Å². The zero-order valence-electron chi connectivity index (χ0n) is 15.2. The number of carbonyl (C=O) groups is 1. The van der Waals surface area contributed by atoms with Crippen LogP contribution >= 0.6 is 0 Å². The third-order valence-electron chi connectivity index (χ3n) is 4.47. The maximum absolute atomic E-state index is 12.4. The van der Waals surface area contributed by atoms with E-state index < -0.39 is 0 Å². The monoisotopic (exact) mass is 350 g/mol. The lowest BCUT2D eigenvalue weighted by atomic mass is 9.98. The van der Waals surface area contributed by atoms with Crippen molar-refractivity contribution in [3.63, 3.8) is 0 Å². The SMILES string of the molecule is COc1ccc(COC(=O)[C@H](C)c2ccc3cc(OC)ccc3c2)cc1. The van der Waals surface area contributed by atoms with Crippen molar-refractivity contribution in [2.45, 2.75) is 19.4 Å². The van der Waals surface area contributed by atoms with E-state index >= 15 is 0 Å². The second-order valence-corrected chi connectivity index (χ2v) is 6.15. The summed E-state index contributed by atoms with van der Waals surface area (Å²) in [6.45, 7) is 2.11. The van der Waals surface area contributed by atoms with Gasteiger partial charge in [0.1, 0.15) is 18.1 Å². The predicted octanol–water partition coefficient (Wildman–Crippen LogP) is 4.70. The largest absolute Gasteiger partial charge is 0.497 e. The molecule has 0 saturated carbocycles. The Labute approximate surface area is 153 Å². The molecule has 0 aliphatic rings. The van der Waals surface area contributed by atoms with Gasteiger partial charge in [-0.3, -0.25) is 4.79 Å². The van der Waals surface area contributed by atoms with Crippen LogP contribution in [0.25, 0.3) is 10.8 Å². The van der Waals surface area contributed by atoms with Crippen molar-refractivity contribution in [3.05, 3.63) is 71.8 Å². The lowest BCUT2D eigenvalue weighted by Gasteiger charge is -2.13. The van der Waals surface area contributed by atoms with Gasteiger partial charge >= 0.3 is 5.97 Å². The highest BCUT2D eigenvalue weighted by atomic mass is 16.5. The van der Waals surface area contributed by atoms with Crippen LogP contribution in [-0.4, -0.2) is 20.2 Å². The van der Waals surface area contributed by atoms with Crippen molar-refractivity contribution >= 4 is 16.7 Å². The maximum atomic E-state index is 12.4. The van der Waals surface area contributed by atoms with Crippen molar-refractivity contribution in [3.8, 4) is 11.5 Å². The van der Waals surface area contributed by atoms with Gasteiger partial charge in [0.15, 0.2) is 0 Å². The van der Waals surface area contributed by atoms with E-state index in [1.807, 2.05) is 67.6 Å². The highest BCUT2D eigenvalue weighted by Crippen LogP contribution is 2.26. The van der Waals surface area contributed by atoms with Crippen molar-refractivity contribution in [1.82, 2.24) is 0 Å². The van der Waals surface area contributed by atoms with Crippen molar-refractivity contribution in [2.24, 2.45) is 0 Å². The molecule has 0 saturated heterocycles. The van der Waals surface area contributed by atoms with Gasteiger partial charge in [0, 0.05) is 0 Å². The molecule has 4 nitrogen and oxygen atoms in total. The average molecular weight is 350 g/mol. The fraction of sp³-hybridized carbons (Fsp3) is 0.227. The van der Waals surface area contributed by atoms with Gasteiger partial charge in [-0.15, -0.1) is 0 Å². The third kappa shape index (κ3) is 3.97. The predicted molar refractivity (Wildman–Crippen MR) is 102 cm³/mol. The highest BCUT2D eigenvalue weighted by molar-refractivity contribution is 5.86. The number of fused-ring (bicyclic) bond motifs is 1. The first-order valence-electron chi connectivity index (χ1n) is 8.48. The Balaban J connectivity index is 1.68. The second kappa shape index (κ2) is 7.91. The quantitative estimate of drug-likeness (QED) is 0.604. The van der Waals surface area contributed by atoms with Crippen LogP contribution in [0.1, 0.15) is 24.0 Å². The van der Waals surface area contributed by atoms with Crippen LogP contribution in [0.3, 0.4) is 0 Å². The van der Waals surface area contributed by atoms with Crippen LogP contribution in [-0.2, 0) is 16.1 Å². The molecule has 3 rings (SSSR count). The number of carbonyl (C=O) groups excluding carboxylic acids is 1. The molecule has 0 fully saturated rings. The maximum Gasteiger partial charge on any atom is 0.313 e. The van der Waals surface area contributed by atoms with E-state index in [1.54, 1.807) is 14.2 Å². The van der Waals surface area contributed by atoms with Gasteiger partial charge in [0.25, 0.3) is 0 Å². The van der Waals surface area contributed by atoms with Crippen LogP contribution in [0.15, 0.2) is 60.7 Å². The van der Waals surface area contributed by atoms with Crippen molar-refractivity contribution < 1.29 is 19.0 Å². The van der Waals surface area contributed by atoms with Gasteiger partial charge in [-0.25, -0.2) is 0 Å². The van der Waals surface area contributed by atoms with Crippen molar-refractivity contribution in [1.29, 1.82) is 0 Å². The Hall–Kier alpha value is -3.01. The summed E-state index contributed by atoms with van der Waals surface area (Å²) in [5.41, 5.74) is 1.86. The van der Waals surface area contributed by atoms with Crippen LogP contribution in [0.4, 0.5) is 0 Å². The second-order valence-electron chi connectivity index (χ2n) is 6.15. The van der Waals surface area contributed by atoms with E-state index in [9.17, 15) is 4.79 Å². The molecular formula is C22H22O4. The first-order valence-corrected chi connectivity index (χ1v) is 8.48. The number of ether oxygens (including phenoxy) is 3. The molecule has 3 aromatic carbocycles. The first kappa shape index (κ1) is 17.8. The molecule has 0 amide bonds. The normalized spacial score (nSPS) is 11.8. The minimum Gasteiger partial charge on any atom is -0.497 e. The average Bonchev–Trinajstić information content (AvgIpc) is 2.70. The fourth-order valence-corrected chi connectivity index (χ4v) is 2.78. The van der Waals surface area contributed by atoms with Crippen LogP contribution in [0.5, 0.6) is 11.5 Å². The Morgan fingerprint density at radius 2 is 1.46 bits per heavy atom. The Bertz CT molecular complexity index is 900. The zero-order valence-corrected chi connectivity index (χ0v) is 15.2. The molecule has 0 unspecified atom stereocenters. The summed E-state index contributed by atoms with van der Waals surface area (Å²) in [6, 6.07) is 19.3. The van der Waals surface area contributed by atoms with Gasteiger partial charge in [-0.05, 0) is 53.1 Å². The van der Waals surface area contributed by atoms with E-state index in [-0.39, 0.29) is 18.5 Å². The Morgan fingerprint density at radius 1 is 0.846 bits per heavy atom. The van der Waals surface area contributed by atoms with Crippen LogP contribution in [0, 0.1) is 0 Å². The summed E-state index contributed by atoms with van der Waals surface area (Å²) in [7, 11) is 3.27. The summed E-state index contributed by atoms with van der Waals surface area (Å²) >= 11 is 0. The van der Waals surface area contributed by atoms with E-state index in [1.165, 1.54) is 0 Å². The molecule has 0 aliphatic carbocycles. The number of rotatable bonds is 6. The molecule has 0 spiro atoms. The minimum absolute atomic E-state index is 0.242. The van der Waals surface area contributed by atoms with E-state index in [4.69, 9.17) is 14.2 Å². The lowest BCUT2D eigenvalue weighted by molar-refractivity contribution is -0.146. The number of hydrogen-bond acceptors (Lipinski definition) is 4. The molecule has 134 valence electrons. The molecule has 4 heteroatoms. The molecule has 26 heavy (non-hydrogen) atoms. The summed E-state index contributed by atoms with van der Waals surface area (Å²) in [4.78, 5) is 12.4. The summed E-state index contributed by atoms with van der Waals surface area (Å²) < 4.78 is 15.8. The summed E-state index contributed by atoms with van der Waals surface area (Å²) in [5, 5.41) is 2.14. The summed E-state index contributed by atoms with van der Waals surface area (Å²) in [5.74, 6) is 1.02.